The fourth-order valence-electron chi connectivity index (χ4n) is 4.42. The fraction of sp³-hybridized carbons (Fsp3) is 1.00. The predicted molar refractivity (Wildman–Crippen MR) is 69.6 cm³/mol. The van der Waals surface area contributed by atoms with Gasteiger partial charge in [-0.25, -0.2) is 0 Å². The third-order valence-electron chi connectivity index (χ3n) is 5.70. The molecule has 0 heterocycles. The van der Waals surface area contributed by atoms with Gasteiger partial charge < -0.3 is 10.8 Å². The first-order valence-electron chi connectivity index (χ1n) is 7.65. The third kappa shape index (κ3) is 1.84. The van der Waals surface area contributed by atoms with E-state index in [2.05, 4.69) is 0 Å². The second-order valence-corrected chi connectivity index (χ2v) is 6.77. The molecule has 2 nitrogen and oxygen atoms in total. The number of rotatable bonds is 4. The van der Waals surface area contributed by atoms with Gasteiger partial charge in [-0.2, -0.15) is 0 Å². The highest BCUT2D eigenvalue weighted by Gasteiger charge is 2.62. The second-order valence-electron chi connectivity index (χ2n) is 6.77. The summed E-state index contributed by atoms with van der Waals surface area (Å²) in [4.78, 5) is 0. The molecule has 0 unspecified atom stereocenters. The molecule has 0 bridgehead atoms. The average Bonchev–Trinajstić information content (AvgIpc) is 3.26. The number of hydrogen-bond donors (Lipinski definition) is 2. The average molecular weight is 237 g/mol. The molecule has 0 spiro atoms. The predicted octanol–water partition coefficient (Wildman–Crippen LogP) is 2.84. The molecule has 17 heavy (non-hydrogen) atoms. The minimum Gasteiger partial charge on any atom is -0.389 e. The normalized spacial score (nSPS) is 30.0. The van der Waals surface area contributed by atoms with Crippen molar-refractivity contribution in [1.82, 2.24) is 0 Å². The van der Waals surface area contributed by atoms with Crippen LogP contribution in [0.15, 0.2) is 0 Å². The summed E-state index contributed by atoms with van der Waals surface area (Å²) in [5.74, 6) is 1.16. The van der Waals surface area contributed by atoms with E-state index in [4.69, 9.17) is 5.73 Å². The standard InChI is InChI=1S/C15H27NO/c16-11-14(9-3-1-2-4-10-14)15(17,12-5-6-12)13-7-8-13/h12-13,17H,1-11,16H2. The molecule has 2 heteroatoms. The van der Waals surface area contributed by atoms with Gasteiger partial charge in [0, 0.05) is 12.0 Å². The summed E-state index contributed by atoms with van der Waals surface area (Å²) in [7, 11) is 0. The second kappa shape index (κ2) is 4.24. The van der Waals surface area contributed by atoms with Crippen molar-refractivity contribution in [3.05, 3.63) is 0 Å². The Bertz CT molecular complexity index is 261. The molecule has 0 saturated heterocycles. The molecule has 0 radical (unpaired) electrons. The summed E-state index contributed by atoms with van der Waals surface area (Å²) in [5.41, 5.74) is 5.83. The maximum atomic E-state index is 11.4. The highest BCUT2D eigenvalue weighted by molar-refractivity contribution is 5.14. The molecule has 3 aliphatic rings. The Labute approximate surface area is 105 Å². The van der Waals surface area contributed by atoms with Crippen LogP contribution in [0.25, 0.3) is 0 Å². The summed E-state index contributed by atoms with van der Waals surface area (Å²) in [6, 6.07) is 0. The smallest absolute Gasteiger partial charge is 0.0771 e. The summed E-state index contributed by atoms with van der Waals surface area (Å²) < 4.78 is 0. The lowest BCUT2D eigenvalue weighted by Gasteiger charge is -2.48. The Morgan fingerprint density at radius 2 is 1.41 bits per heavy atom. The van der Waals surface area contributed by atoms with Gasteiger partial charge >= 0.3 is 0 Å². The number of nitrogens with two attached hydrogens (primary N) is 1. The van der Waals surface area contributed by atoms with Gasteiger partial charge in [0.25, 0.3) is 0 Å². The molecular formula is C15H27NO. The molecule has 3 rings (SSSR count). The summed E-state index contributed by atoms with van der Waals surface area (Å²) in [6.45, 7) is 0.705. The zero-order valence-electron chi connectivity index (χ0n) is 11.0. The van der Waals surface area contributed by atoms with Gasteiger partial charge in [0.1, 0.15) is 0 Å². The van der Waals surface area contributed by atoms with E-state index in [1.807, 2.05) is 0 Å². The first-order chi connectivity index (χ1) is 8.23. The van der Waals surface area contributed by atoms with E-state index in [1.54, 1.807) is 0 Å². The highest BCUT2D eigenvalue weighted by Crippen LogP contribution is 2.62. The van der Waals surface area contributed by atoms with E-state index >= 15 is 0 Å². The van der Waals surface area contributed by atoms with Gasteiger partial charge in [-0.3, -0.25) is 0 Å². The lowest BCUT2D eigenvalue weighted by molar-refractivity contribution is -0.123. The van der Waals surface area contributed by atoms with E-state index in [-0.39, 0.29) is 5.41 Å². The van der Waals surface area contributed by atoms with Gasteiger partial charge in [-0.1, -0.05) is 25.7 Å². The van der Waals surface area contributed by atoms with Crippen molar-refractivity contribution in [2.75, 3.05) is 6.54 Å². The SMILES string of the molecule is NCC1(C(O)(C2CC2)C2CC2)CCCCCC1. The van der Waals surface area contributed by atoms with Crippen molar-refractivity contribution in [1.29, 1.82) is 0 Å². The van der Waals surface area contributed by atoms with Crippen LogP contribution in [-0.2, 0) is 0 Å². The molecule has 98 valence electrons. The van der Waals surface area contributed by atoms with Crippen molar-refractivity contribution >= 4 is 0 Å². The Morgan fingerprint density at radius 1 is 0.941 bits per heavy atom. The fourth-order valence-corrected chi connectivity index (χ4v) is 4.42. The van der Waals surface area contributed by atoms with Gasteiger partial charge in [-0.15, -0.1) is 0 Å². The molecule has 3 aliphatic carbocycles. The first kappa shape index (κ1) is 12.0. The van der Waals surface area contributed by atoms with Crippen LogP contribution in [-0.4, -0.2) is 17.3 Å². The van der Waals surface area contributed by atoms with Crippen LogP contribution < -0.4 is 5.73 Å². The molecule has 3 N–H and O–H groups in total. The first-order valence-corrected chi connectivity index (χ1v) is 7.65. The molecule has 0 aromatic rings. The topological polar surface area (TPSA) is 46.2 Å². The van der Waals surface area contributed by atoms with E-state index in [1.165, 1.54) is 64.2 Å². The van der Waals surface area contributed by atoms with Gasteiger partial charge in [0.05, 0.1) is 5.60 Å². The van der Waals surface area contributed by atoms with Crippen LogP contribution in [0, 0.1) is 17.3 Å². The van der Waals surface area contributed by atoms with Crippen molar-refractivity contribution in [2.45, 2.75) is 69.8 Å². The molecule has 3 saturated carbocycles. The Kier molecular flexibility index (Phi) is 2.99. The van der Waals surface area contributed by atoms with Crippen LogP contribution >= 0.6 is 0 Å². The van der Waals surface area contributed by atoms with E-state index < -0.39 is 5.60 Å². The highest BCUT2D eigenvalue weighted by atomic mass is 16.3. The molecule has 0 aromatic carbocycles. The van der Waals surface area contributed by atoms with Crippen LogP contribution in [0.5, 0.6) is 0 Å². The largest absolute Gasteiger partial charge is 0.389 e. The van der Waals surface area contributed by atoms with Crippen molar-refractivity contribution in [2.24, 2.45) is 23.0 Å². The van der Waals surface area contributed by atoms with Gasteiger partial charge in [-0.05, 0) is 50.4 Å². The maximum Gasteiger partial charge on any atom is 0.0771 e. The molecule has 0 amide bonds. The zero-order chi connectivity index (χ0) is 11.9. The summed E-state index contributed by atoms with van der Waals surface area (Å²) in [5, 5.41) is 11.4. The Hall–Kier alpha value is -0.0800. The lowest BCUT2D eigenvalue weighted by atomic mass is 9.62. The monoisotopic (exact) mass is 237 g/mol. The lowest BCUT2D eigenvalue weighted by Crippen LogP contribution is -2.55. The van der Waals surface area contributed by atoms with E-state index in [0.717, 1.165) is 0 Å². The van der Waals surface area contributed by atoms with Gasteiger partial charge in [0.2, 0.25) is 0 Å². The summed E-state index contributed by atoms with van der Waals surface area (Å²) >= 11 is 0. The minimum atomic E-state index is -0.397. The quantitative estimate of drug-likeness (QED) is 0.739. The third-order valence-corrected chi connectivity index (χ3v) is 5.70. The van der Waals surface area contributed by atoms with Crippen molar-refractivity contribution < 1.29 is 5.11 Å². The van der Waals surface area contributed by atoms with E-state index in [9.17, 15) is 5.11 Å². The Balaban J connectivity index is 1.89. The molecule has 0 atom stereocenters. The van der Waals surface area contributed by atoms with Crippen molar-refractivity contribution in [3.63, 3.8) is 0 Å². The van der Waals surface area contributed by atoms with Crippen LogP contribution in [0.1, 0.15) is 64.2 Å². The van der Waals surface area contributed by atoms with Gasteiger partial charge in [0.15, 0.2) is 0 Å². The van der Waals surface area contributed by atoms with Crippen molar-refractivity contribution in [3.8, 4) is 0 Å². The molecule has 0 aromatic heterocycles. The van der Waals surface area contributed by atoms with Crippen LogP contribution in [0.4, 0.5) is 0 Å². The number of hydrogen-bond acceptors (Lipinski definition) is 2. The molecule has 0 aliphatic heterocycles. The Morgan fingerprint density at radius 3 is 1.76 bits per heavy atom. The summed E-state index contributed by atoms with van der Waals surface area (Å²) in [6.07, 6.45) is 12.6. The maximum absolute atomic E-state index is 11.4. The van der Waals surface area contributed by atoms with E-state index in [0.29, 0.717) is 18.4 Å². The van der Waals surface area contributed by atoms with Crippen LogP contribution in [0.2, 0.25) is 0 Å². The van der Waals surface area contributed by atoms with Crippen LogP contribution in [0.3, 0.4) is 0 Å². The molecular weight excluding hydrogens is 210 g/mol. The number of aliphatic hydroxyl groups is 1. The molecule has 3 fully saturated rings. The zero-order valence-corrected chi connectivity index (χ0v) is 11.0. The minimum absolute atomic E-state index is 0.0613.